The second-order valence-electron chi connectivity index (χ2n) is 5.88. The minimum Gasteiger partial charge on any atom is -0.489 e. The summed E-state index contributed by atoms with van der Waals surface area (Å²) in [6.07, 6.45) is 0.799. The van der Waals surface area contributed by atoms with Gasteiger partial charge in [-0.15, -0.1) is 0 Å². The molecule has 4 heteroatoms. The SMILES string of the molecule is O=C(NCCc1ccccc1)Nc1ccccc1COc1ccccc1. The fourth-order valence-electron chi connectivity index (χ4n) is 2.58. The topological polar surface area (TPSA) is 50.4 Å². The highest BCUT2D eigenvalue weighted by Crippen LogP contribution is 2.18. The van der Waals surface area contributed by atoms with E-state index in [0.29, 0.717) is 13.2 Å². The molecule has 3 aromatic carbocycles. The van der Waals surface area contributed by atoms with Crippen LogP contribution >= 0.6 is 0 Å². The van der Waals surface area contributed by atoms with Crippen molar-refractivity contribution in [2.45, 2.75) is 13.0 Å². The molecule has 2 N–H and O–H groups in total. The molecule has 3 rings (SSSR count). The molecule has 0 aliphatic carbocycles. The maximum absolute atomic E-state index is 12.2. The van der Waals surface area contributed by atoms with E-state index in [-0.39, 0.29) is 6.03 Å². The van der Waals surface area contributed by atoms with Gasteiger partial charge in [0.15, 0.2) is 0 Å². The zero-order chi connectivity index (χ0) is 18.0. The molecule has 0 saturated carbocycles. The summed E-state index contributed by atoms with van der Waals surface area (Å²) < 4.78 is 5.78. The average Bonchev–Trinajstić information content (AvgIpc) is 2.69. The number of amides is 2. The van der Waals surface area contributed by atoms with Crippen molar-refractivity contribution in [1.82, 2.24) is 5.32 Å². The highest BCUT2D eigenvalue weighted by Gasteiger charge is 2.07. The van der Waals surface area contributed by atoms with Gasteiger partial charge < -0.3 is 15.4 Å². The number of benzene rings is 3. The number of hydrogen-bond acceptors (Lipinski definition) is 2. The third kappa shape index (κ3) is 5.38. The lowest BCUT2D eigenvalue weighted by Crippen LogP contribution is -2.30. The third-order valence-electron chi connectivity index (χ3n) is 3.95. The van der Waals surface area contributed by atoms with E-state index in [1.54, 1.807) is 0 Å². The van der Waals surface area contributed by atoms with Gasteiger partial charge in [0.1, 0.15) is 12.4 Å². The largest absolute Gasteiger partial charge is 0.489 e. The minimum atomic E-state index is -0.215. The maximum Gasteiger partial charge on any atom is 0.319 e. The number of ether oxygens (including phenoxy) is 1. The molecule has 0 aromatic heterocycles. The zero-order valence-corrected chi connectivity index (χ0v) is 14.5. The Balaban J connectivity index is 1.51. The monoisotopic (exact) mass is 346 g/mol. The van der Waals surface area contributed by atoms with Crippen LogP contribution in [0.2, 0.25) is 0 Å². The smallest absolute Gasteiger partial charge is 0.319 e. The highest BCUT2D eigenvalue weighted by molar-refractivity contribution is 5.90. The summed E-state index contributed by atoms with van der Waals surface area (Å²) in [4.78, 5) is 12.2. The molecular weight excluding hydrogens is 324 g/mol. The summed E-state index contributed by atoms with van der Waals surface area (Å²) in [5.74, 6) is 0.801. The number of para-hydroxylation sites is 2. The molecule has 4 nitrogen and oxygen atoms in total. The second-order valence-corrected chi connectivity index (χ2v) is 5.88. The van der Waals surface area contributed by atoms with Crippen molar-refractivity contribution >= 4 is 11.7 Å². The Morgan fingerprint density at radius 2 is 1.46 bits per heavy atom. The van der Waals surface area contributed by atoms with Gasteiger partial charge in [-0.3, -0.25) is 0 Å². The van der Waals surface area contributed by atoms with E-state index in [4.69, 9.17) is 4.74 Å². The van der Waals surface area contributed by atoms with E-state index < -0.39 is 0 Å². The van der Waals surface area contributed by atoms with Crippen LogP contribution in [0.5, 0.6) is 5.75 Å². The summed E-state index contributed by atoms with van der Waals surface area (Å²) in [6.45, 7) is 0.975. The van der Waals surface area contributed by atoms with Crippen molar-refractivity contribution in [3.63, 3.8) is 0 Å². The molecule has 0 bridgehead atoms. The molecule has 132 valence electrons. The molecule has 0 fully saturated rings. The van der Waals surface area contributed by atoms with Crippen LogP contribution < -0.4 is 15.4 Å². The molecule has 2 amide bonds. The van der Waals surface area contributed by atoms with Crippen LogP contribution in [0.25, 0.3) is 0 Å². The molecule has 3 aromatic rings. The van der Waals surface area contributed by atoms with E-state index in [0.717, 1.165) is 23.4 Å². The quantitative estimate of drug-likeness (QED) is 0.655. The van der Waals surface area contributed by atoms with E-state index >= 15 is 0 Å². The molecule has 0 atom stereocenters. The van der Waals surface area contributed by atoms with Gasteiger partial charge in [-0.25, -0.2) is 4.79 Å². The van der Waals surface area contributed by atoms with Crippen LogP contribution in [-0.2, 0) is 13.0 Å². The number of hydrogen-bond donors (Lipinski definition) is 2. The molecule has 26 heavy (non-hydrogen) atoms. The number of nitrogens with one attached hydrogen (secondary N) is 2. The summed E-state index contributed by atoms with van der Waals surface area (Å²) >= 11 is 0. The van der Waals surface area contributed by atoms with Crippen molar-refractivity contribution < 1.29 is 9.53 Å². The van der Waals surface area contributed by atoms with Gasteiger partial charge in [-0.1, -0.05) is 66.7 Å². The predicted octanol–water partition coefficient (Wildman–Crippen LogP) is 4.63. The Morgan fingerprint density at radius 1 is 0.808 bits per heavy atom. The lowest BCUT2D eigenvalue weighted by molar-refractivity contribution is 0.252. The Hall–Kier alpha value is -3.27. The number of urea groups is 1. The van der Waals surface area contributed by atoms with Gasteiger partial charge >= 0.3 is 6.03 Å². The van der Waals surface area contributed by atoms with Crippen molar-refractivity contribution in [3.8, 4) is 5.75 Å². The van der Waals surface area contributed by atoms with Crippen LogP contribution in [0.3, 0.4) is 0 Å². The average molecular weight is 346 g/mol. The second kappa shape index (κ2) is 9.28. The molecule has 0 heterocycles. The molecule has 0 radical (unpaired) electrons. The molecule has 0 aliphatic rings. The van der Waals surface area contributed by atoms with E-state index in [1.807, 2.05) is 72.8 Å². The Morgan fingerprint density at radius 3 is 2.23 bits per heavy atom. The van der Waals surface area contributed by atoms with Gasteiger partial charge in [-0.2, -0.15) is 0 Å². The standard InChI is InChI=1S/C22H22N2O2/c25-22(23-16-15-18-9-3-1-4-10-18)24-21-14-8-7-11-19(21)17-26-20-12-5-2-6-13-20/h1-14H,15-17H2,(H2,23,24,25). The Labute approximate surface area is 153 Å². The zero-order valence-electron chi connectivity index (χ0n) is 14.5. The molecular formula is C22H22N2O2. The summed E-state index contributed by atoms with van der Waals surface area (Å²) in [7, 11) is 0. The number of carbonyl (C=O) groups is 1. The fourth-order valence-corrected chi connectivity index (χ4v) is 2.58. The van der Waals surface area contributed by atoms with Crippen LogP contribution in [0, 0.1) is 0 Å². The predicted molar refractivity (Wildman–Crippen MR) is 104 cm³/mol. The van der Waals surface area contributed by atoms with E-state index in [2.05, 4.69) is 22.8 Å². The van der Waals surface area contributed by atoms with Crippen LogP contribution in [-0.4, -0.2) is 12.6 Å². The number of anilines is 1. The normalized spacial score (nSPS) is 10.2. The van der Waals surface area contributed by atoms with Crippen molar-refractivity contribution in [3.05, 3.63) is 96.1 Å². The summed E-state index contributed by atoms with van der Waals surface area (Å²) in [6, 6.07) is 27.1. The number of rotatable bonds is 7. The van der Waals surface area contributed by atoms with E-state index in [1.165, 1.54) is 5.56 Å². The van der Waals surface area contributed by atoms with Gasteiger partial charge in [0, 0.05) is 17.8 Å². The molecule has 0 unspecified atom stereocenters. The highest BCUT2D eigenvalue weighted by atomic mass is 16.5. The van der Waals surface area contributed by atoms with Gasteiger partial charge in [0.2, 0.25) is 0 Å². The van der Waals surface area contributed by atoms with Gasteiger partial charge in [0.05, 0.1) is 0 Å². The first-order valence-electron chi connectivity index (χ1n) is 8.66. The molecule has 0 spiro atoms. The minimum absolute atomic E-state index is 0.215. The lowest BCUT2D eigenvalue weighted by atomic mass is 10.1. The van der Waals surface area contributed by atoms with Gasteiger partial charge in [-0.05, 0) is 30.2 Å². The van der Waals surface area contributed by atoms with Crippen LogP contribution in [0.4, 0.5) is 10.5 Å². The first-order valence-corrected chi connectivity index (χ1v) is 8.66. The fraction of sp³-hybridized carbons (Fsp3) is 0.136. The van der Waals surface area contributed by atoms with Crippen molar-refractivity contribution in [1.29, 1.82) is 0 Å². The maximum atomic E-state index is 12.2. The molecule has 0 aliphatic heterocycles. The third-order valence-corrected chi connectivity index (χ3v) is 3.95. The first-order chi connectivity index (χ1) is 12.8. The van der Waals surface area contributed by atoms with Gasteiger partial charge in [0.25, 0.3) is 0 Å². The first kappa shape index (κ1) is 17.5. The van der Waals surface area contributed by atoms with E-state index in [9.17, 15) is 4.79 Å². The van der Waals surface area contributed by atoms with Crippen molar-refractivity contribution in [2.75, 3.05) is 11.9 Å². The summed E-state index contributed by atoms with van der Waals surface area (Å²) in [5, 5.41) is 5.79. The van der Waals surface area contributed by atoms with Crippen LogP contribution in [0.15, 0.2) is 84.9 Å². The lowest BCUT2D eigenvalue weighted by Gasteiger charge is -2.13. The molecule has 0 saturated heterocycles. The van der Waals surface area contributed by atoms with Crippen molar-refractivity contribution in [2.24, 2.45) is 0 Å². The Bertz CT molecular complexity index is 820. The summed E-state index contributed by atoms with van der Waals surface area (Å²) in [5.41, 5.74) is 2.87. The Kier molecular flexibility index (Phi) is 6.26. The van der Waals surface area contributed by atoms with Crippen LogP contribution in [0.1, 0.15) is 11.1 Å². The number of carbonyl (C=O) groups excluding carboxylic acids is 1.